The third kappa shape index (κ3) is 3.58. The van der Waals surface area contributed by atoms with Gasteiger partial charge >= 0.3 is 0 Å². The lowest BCUT2D eigenvalue weighted by Crippen LogP contribution is -2.01. The van der Waals surface area contributed by atoms with E-state index in [4.69, 9.17) is 15.9 Å². The summed E-state index contributed by atoms with van der Waals surface area (Å²) >= 11 is 0. The van der Waals surface area contributed by atoms with E-state index in [-0.39, 0.29) is 11.3 Å². The van der Waals surface area contributed by atoms with Crippen LogP contribution >= 0.6 is 10.7 Å². The molecule has 0 spiro atoms. The van der Waals surface area contributed by atoms with Crippen molar-refractivity contribution in [3.05, 3.63) is 30.5 Å². The Kier molecular flexibility index (Phi) is 4.70. The fraction of sp³-hybridized carbons (Fsp3) is 0.0769. The molecule has 1 heterocycles. The Morgan fingerprint density at radius 3 is 2.91 bits per heavy atom. The summed E-state index contributed by atoms with van der Waals surface area (Å²) in [4.78, 5) is 15.2. The molecule has 0 fully saturated rings. The van der Waals surface area contributed by atoms with Crippen molar-refractivity contribution >= 4 is 48.3 Å². The quantitative estimate of drug-likeness (QED) is 0.508. The third-order valence-corrected chi connectivity index (χ3v) is 4.02. The Hall–Kier alpha value is -2.50. The van der Waals surface area contributed by atoms with E-state index in [1.165, 1.54) is 18.3 Å². The molecule has 0 saturated heterocycles. The van der Waals surface area contributed by atoms with Crippen molar-refractivity contribution < 1.29 is 13.2 Å². The number of Topliss-reactive ketones (excluding diaryl/α,β-unsaturated/α-hetero) is 1. The molecule has 0 amide bonds. The maximum absolute atomic E-state index is 11.5. The fourth-order valence-corrected chi connectivity index (χ4v) is 2.81. The molecule has 0 bridgehead atoms. The molecule has 0 saturated carbocycles. The number of rotatable bonds is 5. The summed E-state index contributed by atoms with van der Waals surface area (Å²) in [6.07, 6.45) is 2.19. The predicted octanol–water partition coefficient (Wildman–Crippen LogP) is 2.04. The monoisotopic (exact) mass is 336 g/mol. The van der Waals surface area contributed by atoms with Crippen molar-refractivity contribution in [3.8, 4) is 6.07 Å². The number of hydrazone groups is 1. The molecule has 0 radical (unpaired) electrons. The number of hydrogen-bond acceptors (Lipinski definition) is 7. The fourth-order valence-electron chi connectivity index (χ4n) is 1.75. The number of ketones is 1. The molecular formula is C13H9ClN4O3S. The maximum Gasteiger partial charge on any atom is 0.261 e. The lowest BCUT2D eigenvalue weighted by molar-refractivity contribution is -0.111. The van der Waals surface area contributed by atoms with E-state index < -0.39 is 14.8 Å². The lowest BCUT2D eigenvalue weighted by Gasteiger charge is -2.07. The van der Waals surface area contributed by atoms with Crippen LogP contribution in [-0.4, -0.2) is 25.4 Å². The third-order valence-electron chi connectivity index (χ3n) is 2.64. The first-order valence-corrected chi connectivity index (χ1v) is 8.25. The van der Waals surface area contributed by atoms with Crippen LogP contribution in [0.15, 0.2) is 40.5 Å². The first kappa shape index (κ1) is 15.9. The standard InChI is InChI=1S/C13H9ClN4O3S/c14-22(20,21)12-4-3-11(13-10(12)2-1-7-16-13)18-17-8-9(19)5-6-15/h1-4,7-8,18H,5H2. The van der Waals surface area contributed by atoms with E-state index in [1.54, 1.807) is 18.2 Å². The molecule has 1 N–H and O–H groups in total. The summed E-state index contributed by atoms with van der Waals surface area (Å²) < 4.78 is 23.1. The Bertz CT molecular complexity index is 903. The lowest BCUT2D eigenvalue weighted by atomic mass is 10.2. The number of aromatic nitrogens is 1. The zero-order chi connectivity index (χ0) is 16.2. The molecule has 1 aromatic heterocycles. The molecule has 7 nitrogen and oxygen atoms in total. The minimum absolute atomic E-state index is 0.0626. The van der Waals surface area contributed by atoms with Gasteiger partial charge in [0, 0.05) is 22.3 Å². The zero-order valence-electron chi connectivity index (χ0n) is 11.0. The largest absolute Gasteiger partial charge is 0.292 e. The van der Waals surface area contributed by atoms with E-state index in [0.29, 0.717) is 16.6 Å². The van der Waals surface area contributed by atoms with Crippen LogP contribution in [0.3, 0.4) is 0 Å². The Morgan fingerprint density at radius 2 is 2.23 bits per heavy atom. The molecule has 0 atom stereocenters. The van der Waals surface area contributed by atoms with Crippen LogP contribution in [0, 0.1) is 11.3 Å². The summed E-state index contributed by atoms with van der Waals surface area (Å²) in [6.45, 7) is 0. The Morgan fingerprint density at radius 1 is 1.45 bits per heavy atom. The summed E-state index contributed by atoms with van der Waals surface area (Å²) in [5, 5.41) is 12.4. The van der Waals surface area contributed by atoms with Crippen LogP contribution in [-0.2, 0) is 13.8 Å². The highest BCUT2D eigenvalue weighted by Gasteiger charge is 2.16. The number of hydrogen-bond donors (Lipinski definition) is 1. The molecule has 2 aromatic rings. The highest BCUT2D eigenvalue weighted by Crippen LogP contribution is 2.29. The van der Waals surface area contributed by atoms with Crippen LogP contribution in [0.4, 0.5) is 5.69 Å². The van der Waals surface area contributed by atoms with Gasteiger partial charge in [-0.15, -0.1) is 0 Å². The van der Waals surface area contributed by atoms with Crippen molar-refractivity contribution in [1.29, 1.82) is 5.26 Å². The molecule has 22 heavy (non-hydrogen) atoms. The van der Waals surface area contributed by atoms with Crippen LogP contribution in [0.1, 0.15) is 6.42 Å². The van der Waals surface area contributed by atoms with E-state index in [9.17, 15) is 13.2 Å². The van der Waals surface area contributed by atoms with Crippen LogP contribution in [0.2, 0.25) is 0 Å². The number of nitriles is 1. The van der Waals surface area contributed by atoms with Gasteiger partial charge in [0.05, 0.1) is 34.8 Å². The number of fused-ring (bicyclic) bond motifs is 1. The normalized spacial score (nSPS) is 11.5. The van der Waals surface area contributed by atoms with Crippen molar-refractivity contribution in [2.45, 2.75) is 11.3 Å². The highest BCUT2D eigenvalue weighted by atomic mass is 35.7. The van der Waals surface area contributed by atoms with Gasteiger partial charge in [-0.25, -0.2) is 8.42 Å². The second kappa shape index (κ2) is 6.51. The van der Waals surface area contributed by atoms with E-state index in [1.807, 2.05) is 0 Å². The number of nitrogens with zero attached hydrogens (tertiary/aromatic N) is 3. The van der Waals surface area contributed by atoms with Gasteiger partial charge in [-0.3, -0.25) is 15.2 Å². The summed E-state index contributed by atoms with van der Waals surface area (Å²) in [6, 6.07) is 7.61. The van der Waals surface area contributed by atoms with E-state index in [2.05, 4.69) is 15.5 Å². The molecule has 0 unspecified atom stereocenters. The van der Waals surface area contributed by atoms with Gasteiger partial charge in [0.15, 0.2) is 5.78 Å². The smallest absolute Gasteiger partial charge is 0.261 e. The van der Waals surface area contributed by atoms with Crippen LogP contribution in [0.25, 0.3) is 10.9 Å². The molecule has 9 heteroatoms. The number of nitrogens with one attached hydrogen (secondary N) is 1. The zero-order valence-corrected chi connectivity index (χ0v) is 12.6. The number of halogens is 1. The molecular weight excluding hydrogens is 328 g/mol. The van der Waals surface area contributed by atoms with Gasteiger partial charge in [-0.2, -0.15) is 10.4 Å². The van der Waals surface area contributed by atoms with Gasteiger partial charge in [-0.1, -0.05) is 0 Å². The van der Waals surface area contributed by atoms with Crippen molar-refractivity contribution in [1.82, 2.24) is 4.98 Å². The summed E-state index contributed by atoms with van der Waals surface area (Å²) in [7, 11) is 1.48. The summed E-state index contributed by atoms with van der Waals surface area (Å²) in [5.41, 5.74) is 3.34. The molecule has 1 aromatic carbocycles. The molecule has 0 aliphatic heterocycles. The molecule has 0 aliphatic carbocycles. The maximum atomic E-state index is 11.5. The van der Waals surface area contributed by atoms with Crippen molar-refractivity contribution in [3.63, 3.8) is 0 Å². The molecule has 0 aliphatic rings. The number of carbonyl (C=O) groups excluding carboxylic acids is 1. The number of benzene rings is 1. The second-order valence-electron chi connectivity index (χ2n) is 4.12. The van der Waals surface area contributed by atoms with Crippen LogP contribution < -0.4 is 5.43 Å². The average Bonchev–Trinajstić information content (AvgIpc) is 2.46. The predicted molar refractivity (Wildman–Crippen MR) is 82.1 cm³/mol. The van der Waals surface area contributed by atoms with E-state index >= 15 is 0 Å². The number of pyridine rings is 1. The van der Waals surface area contributed by atoms with Crippen molar-refractivity contribution in [2.75, 3.05) is 5.43 Å². The average molecular weight is 337 g/mol. The number of carbonyl (C=O) groups is 1. The molecule has 2 rings (SSSR count). The minimum atomic E-state index is -3.91. The van der Waals surface area contributed by atoms with Gasteiger partial charge in [0.1, 0.15) is 0 Å². The first-order valence-electron chi connectivity index (χ1n) is 5.94. The van der Waals surface area contributed by atoms with Crippen LogP contribution in [0.5, 0.6) is 0 Å². The van der Waals surface area contributed by atoms with Gasteiger partial charge in [0.25, 0.3) is 9.05 Å². The number of anilines is 1. The van der Waals surface area contributed by atoms with E-state index in [0.717, 1.165) is 6.21 Å². The van der Waals surface area contributed by atoms with Crippen molar-refractivity contribution in [2.24, 2.45) is 5.10 Å². The van der Waals surface area contributed by atoms with Gasteiger partial charge < -0.3 is 0 Å². The molecule has 112 valence electrons. The SMILES string of the molecule is N#CCC(=O)C=NNc1ccc(S(=O)(=O)Cl)c2cccnc12. The first-order chi connectivity index (χ1) is 10.4. The Balaban J connectivity index is 2.42. The highest BCUT2D eigenvalue weighted by molar-refractivity contribution is 8.14. The topological polar surface area (TPSA) is 112 Å². The van der Waals surface area contributed by atoms with Gasteiger partial charge in [-0.05, 0) is 24.3 Å². The Labute approximate surface area is 130 Å². The minimum Gasteiger partial charge on any atom is -0.292 e. The second-order valence-corrected chi connectivity index (χ2v) is 6.65. The summed E-state index contributed by atoms with van der Waals surface area (Å²) in [5.74, 6) is -0.452. The van der Waals surface area contributed by atoms with Gasteiger partial charge in [0.2, 0.25) is 0 Å².